The quantitative estimate of drug-likeness (QED) is 0.512. The number of para-hydroxylation sites is 4. The number of carbonyl (C=O) groups excluding carboxylic acids is 3. The Bertz CT molecular complexity index is 1230. The second-order valence-electron chi connectivity index (χ2n) is 7.71. The van der Waals surface area contributed by atoms with Gasteiger partial charge in [0.2, 0.25) is 11.8 Å². The number of amides is 3. The van der Waals surface area contributed by atoms with Crippen LogP contribution in [0.3, 0.4) is 0 Å². The van der Waals surface area contributed by atoms with Crippen LogP contribution < -0.4 is 25.0 Å². The standard InChI is InChI=1S/C26H24FN3O5/c1-2-34-23-10-6-4-8-20(23)28-24(31)15-22-26(33)29-19-7-3-5-9-21(19)30(22)25(32)16-35-18-13-11-17(27)12-14-18/h3-14,22H,2,15-16H2,1H3,(H,28,31)(H,29,33). The van der Waals surface area contributed by atoms with Gasteiger partial charge in [0.1, 0.15) is 23.4 Å². The Morgan fingerprint density at radius 1 is 1.00 bits per heavy atom. The average molecular weight is 477 g/mol. The van der Waals surface area contributed by atoms with Gasteiger partial charge in [-0.3, -0.25) is 19.3 Å². The second kappa shape index (κ2) is 10.7. The van der Waals surface area contributed by atoms with Crippen LogP contribution in [0.2, 0.25) is 0 Å². The van der Waals surface area contributed by atoms with E-state index in [4.69, 9.17) is 9.47 Å². The molecular weight excluding hydrogens is 453 g/mol. The highest BCUT2D eigenvalue weighted by Gasteiger charge is 2.38. The summed E-state index contributed by atoms with van der Waals surface area (Å²) in [5, 5.41) is 5.52. The molecule has 0 radical (unpaired) electrons. The molecule has 4 rings (SSSR count). The maximum Gasteiger partial charge on any atom is 0.265 e. The van der Waals surface area contributed by atoms with Crippen LogP contribution in [0.15, 0.2) is 72.8 Å². The molecule has 3 amide bonds. The molecule has 1 aliphatic rings. The third kappa shape index (κ3) is 5.57. The Hall–Kier alpha value is -4.40. The Balaban J connectivity index is 1.54. The summed E-state index contributed by atoms with van der Waals surface area (Å²) in [6.45, 7) is 1.85. The van der Waals surface area contributed by atoms with E-state index in [-0.39, 0.29) is 6.42 Å². The van der Waals surface area contributed by atoms with Gasteiger partial charge in [-0.25, -0.2) is 4.39 Å². The van der Waals surface area contributed by atoms with Crippen molar-refractivity contribution < 1.29 is 28.2 Å². The maximum atomic E-state index is 13.2. The van der Waals surface area contributed by atoms with Crippen LogP contribution in [0.4, 0.5) is 21.5 Å². The number of nitrogens with one attached hydrogen (secondary N) is 2. The molecule has 0 saturated heterocycles. The van der Waals surface area contributed by atoms with Crippen molar-refractivity contribution in [2.45, 2.75) is 19.4 Å². The van der Waals surface area contributed by atoms with Gasteiger partial charge in [-0.1, -0.05) is 24.3 Å². The predicted molar refractivity (Wildman–Crippen MR) is 129 cm³/mol. The number of rotatable bonds is 8. The lowest BCUT2D eigenvalue weighted by Gasteiger charge is -2.36. The van der Waals surface area contributed by atoms with Gasteiger partial charge in [0.05, 0.1) is 30.1 Å². The minimum atomic E-state index is -1.10. The summed E-state index contributed by atoms with van der Waals surface area (Å²) in [4.78, 5) is 40.4. The van der Waals surface area contributed by atoms with E-state index in [1.165, 1.54) is 29.2 Å². The van der Waals surface area contributed by atoms with Crippen LogP contribution in [-0.4, -0.2) is 37.0 Å². The van der Waals surface area contributed by atoms with Gasteiger partial charge in [0.25, 0.3) is 5.91 Å². The first-order valence-electron chi connectivity index (χ1n) is 11.1. The molecule has 1 unspecified atom stereocenters. The van der Waals surface area contributed by atoms with E-state index in [9.17, 15) is 18.8 Å². The first-order chi connectivity index (χ1) is 17.0. The van der Waals surface area contributed by atoms with Crippen molar-refractivity contribution in [3.8, 4) is 11.5 Å². The Kier molecular flexibility index (Phi) is 7.25. The smallest absolute Gasteiger partial charge is 0.265 e. The molecule has 8 nitrogen and oxygen atoms in total. The van der Waals surface area contributed by atoms with Crippen LogP contribution in [0.25, 0.3) is 0 Å². The van der Waals surface area contributed by atoms with E-state index in [1.807, 2.05) is 6.92 Å². The highest BCUT2D eigenvalue weighted by molar-refractivity contribution is 6.14. The van der Waals surface area contributed by atoms with E-state index in [0.29, 0.717) is 35.2 Å². The fourth-order valence-electron chi connectivity index (χ4n) is 3.76. The molecule has 3 aromatic rings. The van der Waals surface area contributed by atoms with E-state index < -0.39 is 36.2 Å². The molecule has 1 heterocycles. The number of hydrogen-bond acceptors (Lipinski definition) is 5. The molecule has 0 aromatic heterocycles. The van der Waals surface area contributed by atoms with Gasteiger partial charge in [-0.05, 0) is 55.5 Å². The lowest BCUT2D eigenvalue weighted by atomic mass is 10.0. The third-order valence-corrected chi connectivity index (χ3v) is 5.32. The van der Waals surface area contributed by atoms with Gasteiger partial charge >= 0.3 is 0 Å². The molecule has 0 saturated carbocycles. The van der Waals surface area contributed by atoms with Gasteiger partial charge in [-0.15, -0.1) is 0 Å². The molecule has 1 atom stereocenters. The van der Waals surface area contributed by atoms with Crippen molar-refractivity contribution in [2.75, 3.05) is 28.7 Å². The number of benzene rings is 3. The monoisotopic (exact) mass is 477 g/mol. The highest BCUT2D eigenvalue weighted by Crippen LogP contribution is 2.33. The Morgan fingerprint density at radius 3 is 2.49 bits per heavy atom. The first-order valence-corrected chi connectivity index (χ1v) is 11.1. The largest absolute Gasteiger partial charge is 0.492 e. The second-order valence-corrected chi connectivity index (χ2v) is 7.71. The summed E-state index contributed by atoms with van der Waals surface area (Å²) in [6, 6.07) is 17.9. The number of halogens is 1. The minimum Gasteiger partial charge on any atom is -0.492 e. The summed E-state index contributed by atoms with van der Waals surface area (Å²) in [5.41, 5.74) is 1.37. The Morgan fingerprint density at radius 2 is 1.71 bits per heavy atom. The maximum absolute atomic E-state index is 13.2. The van der Waals surface area contributed by atoms with Crippen LogP contribution in [0.1, 0.15) is 13.3 Å². The average Bonchev–Trinajstić information content (AvgIpc) is 2.85. The highest BCUT2D eigenvalue weighted by atomic mass is 19.1. The topological polar surface area (TPSA) is 97.0 Å². The van der Waals surface area contributed by atoms with Crippen molar-refractivity contribution >= 4 is 34.8 Å². The lowest BCUT2D eigenvalue weighted by molar-refractivity contribution is -0.127. The summed E-state index contributed by atoms with van der Waals surface area (Å²) in [7, 11) is 0. The van der Waals surface area contributed by atoms with E-state index in [2.05, 4.69) is 10.6 Å². The molecule has 0 bridgehead atoms. The molecule has 2 N–H and O–H groups in total. The van der Waals surface area contributed by atoms with Crippen LogP contribution in [0, 0.1) is 5.82 Å². The molecule has 9 heteroatoms. The number of fused-ring (bicyclic) bond motifs is 1. The van der Waals surface area contributed by atoms with E-state index in [0.717, 1.165) is 0 Å². The van der Waals surface area contributed by atoms with Crippen molar-refractivity contribution in [3.63, 3.8) is 0 Å². The fourth-order valence-corrected chi connectivity index (χ4v) is 3.76. The van der Waals surface area contributed by atoms with Gasteiger partial charge in [-0.2, -0.15) is 0 Å². The normalized spacial score (nSPS) is 14.5. The summed E-state index contributed by atoms with van der Waals surface area (Å²) in [6.07, 6.45) is -0.289. The zero-order valence-electron chi connectivity index (χ0n) is 19.0. The molecule has 180 valence electrons. The molecule has 3 aromatic carbocycles. The summed E-state index contributed by atoms with van der Waals surface area (Å²) < 4.78 is 24.2. The van der Waals surface area contributed by atoms with Gasteiger partial charge in [0, 0.05) is 0 Å². The summed E-state index contributed by atoms with van der Waals surface area (Å²) >= 11 is 0. The van der Waals surface area contributed by atoms with E-state index in [1.54, 1.807) is 48.5 Å². The Labute approximate surface area is 201 Å². The fraction of sp³-hybridized carbons (Fsp3) is 0.192. The summed E-state index contributed by atoms with van der Waals surface area (Å²) in [5.74, 6) is -1.11. The van der Waals surface area contributed by atoms with Crippen LogP contribution in [-0.2, 0) is 14.4 Å². The van der Waals surface area contributed by atoms with Gasteiger partial charge < -0.3 is 20.1 Å². The number of anilines is 3. The van der Waals surface area contributed by atoms with Crippen molar-refractivity contribution in [1.29, 1.82) is 0 Å². The number of hydrogen-bond donors (Lipinski definition) is 2. The van der Waals surface area contributed by atoms with Crippen molar-refractivity contribution in [3.05, 3.63) is 78.6 Å². The van der Waals surface area contributed by atoms with E-state index >= 15 is 0 Å². The zero-order valence-corrected chi connectivity index (χ0v) is 19.0. The zero-order chi connectivity index (χ0) is 24.8. The molecular formula is C26H24FN3O5. The third-order valence-electron chi connectivity index (χ3n) is 5.32. The van der Waals surface area contributed by atoms with Crippen molar-refractivity contribution in [1.82, 2.24) is 0 Å². The van der Waals surface area contributed by atoms with Crippen LogP contribution in [0.5, 0.6) is 11.5 Å². The molecule has 0 fully saturated rings. The van der Waals surface area contributed by atoms with Crippen molar-refractivity contribution in [2.24, 2.45) is 0 Å². The minimum absolute atomic E-state index is 0.289. The molecule has 0 spiro atoms. The molecule has 1 aliphatic heterocycles. The number of ether oxygens (including phenoxy) is 2. The SMILES string of the molecule is CCOc1ccccc1NC(=O)CC1C(=O)Nc2ccccc2N1C(=O)COc1ccc(F)cc1. The predicted octanol–water partition coefficient (Wildman–Crippen LogP) is 3.99. The molecule has 35 heavy (non-hydrogen) atoms. The van der Waals surface area contributed by atoms with Gasteiger partial charge in [0.15, 0.2) is 6.61 Å². The lowest BCUT2D eigenvalue weighted by Crippen LogP contribution is -2.53. The molecule has 0 aliphatic carbocycles. The van der Waals surface area contributed by atoms with Crippen LogP contribution >= 0.6 is 0 Å². The number of nitrogens with zero attached hydrogens (tertiary/aromatic N) is 1. The first kappa shape index (κ1) is 23.7. The number of carbonyl (C=O) groups is 3.